The topological polar surface area (TPSA) is 67.0 Å². The number of H-pyrrole nitrogens is 1. The molecule has 2 aromatic rings. The molecule has 136 valence electrons. The summed E-state index contributed by atoms with van der Waals surface area (Å²) in [5.41, 5.74) is 2.38. The Morgan fingerprint density at radius 2 is 2.16 bits per heavy atom. The third-order valence-electron chi connectivity index (χ3n) is 3.88. The van der Waals surface area contributed by atoms with Crippen LogP contribution in [0.25, 0.3) is 0 Å². The van der Waals surface area contributed by atoms with Gasteiger partial charge in [-0.2, -0.15) is 0 Å². The first-order chi connectivity index (χ1) is 11.9. The van der Waals surface area contributed by atoms with Crippen LogP contribution in [0, 0.1) is 0 Å². The van der Waals surface area contributed by atoms with E-state index in [0.717, 1.165) is 22.3 Å². The van der Waals surface area contributed by atoms with E-state index in [1.54, 1.807) is 12.5 Å². The largest absolute Gasteiger partial charge is 0.492 e. The maximum Gasteiger partial charge on any atom is 0.220 e. The number of aromatic nitrogens is 2. The van der Waals surface area contributed by atoms with Gasteiger partial charge >= 0.3 is 0 Å². The Morgan fingerprint density at radius 1 is 1.36 bits per heavy atom. The van der Waals surface area contributed by atoms with Crippen LogP contribution in [-0.4, -0.2) is 29.0 Å². The van der Waals surface area contributed by atoms with Gasteiger partial charge in [-0.1, -0.05) is 26.8 Å². The third-order valence-corrected chi connectivity index (χ3v) is 4.49. The van der Waals surface area contributed by atoms with Crippen molar-refractivity contribution >= 4 is 21.8 Å². The van der Waals surface area contributed by atoms with Gasteiger partial charge in [-0.05, 0) is 45.5 Å². The van der Waals surface area contributed by atoms with Crippen LogP contribution < -0.4 is 10.1 Å². The fraction of sp³-hybridized carbons (Fsp3) is 0.474. The molecule has 0 aliphatic carbocycles. The van der Waals surface area contributed by atoms with Crippen molar-refractivity contribution in [2.45, 2.75) is 45.4 Å². The molecule has 25 heavy (non-hydrogen) atoms. The molecule has 0 saturated carbocycles. The van der Waals surface area contributed by atoms with Crippen molar-refractivity contribution in [1.82, 2.24) is 15.3 Å². The molecule has 0 atom stereocenters. The number of hydrogen-bond acceptors (Lipinski definition) is 3. The number of nitrogens with one attached hydrogen (secondary N) is 2. The van der Waals surface area contributed by atoms with E-state index in [4.69, 9.17) is 4.74 Å². The molecule has 0 aliphatic rings. The molecule has 1 heterocycles. The van der Waals surface area contributed by atoms with Gasteiger partial charge in [0.15, 0.2) is 0 Å². The number of carbonyl (C=O) groups excluding carboxylic acids is 1. The second-order valence-corrected chi connectivity index (χ2v) is 7.88. The third kappa shape index (κ3) is 6.53. The number of benzene rings is 1. The first-order valence-electron chi connectivity index (χ1n) is 8.53. The summed E-state index contributed by atoms with van der Waals surface area (Å²) in [6.07, 6.45) is 5.31. The molecule has 0 unspecified atom stereocenters. The van der Waals surface area contributed by atoms with Crippen LogP contribution in [0.15, 0.2) is 35.2 Å². The Kier molecular flexibility index (Phi) is 7.05. The lowest BCUT2D eigenvalue weighted by Gasteiger charge is -2.20. The molecular formula is C19H26BrN3O2. The van der Waals surface area contributed by atoms with Gasteiger partial charge in [0.05, 0.1) is 17.4 Å². The van der Waals surface area contributed by atoms with Crippen molar-refractivity contribution in [1.29, 1.82) is 0 Å². The first kappa shape index (κ1) is 19.5. The van der Waals surface area contributed by atoms with Gasteiger partial charge in [-0.3, -0.25) is 4.79 Å². The molecular weight excluding hydrogens is 382 g/mol. The molecule has 1 aromatic carbocycles. The Balaban J connectivity index is 1.66. The normalized spacial score (nSPS) is 11.4. The minimum Gasteiger partial charge on any atom is -0.492 e. The van der Waals surface area contributed by atoms with Crippen LogP contribution in [0.3, 0.4) is 0 Å². The van der Waals surface area contributed by atoms with E-state index >= 15 is 0 Å². The highest BCUT2D eigenvalue weighted by molar-refractivity contribution is 9.10. The molecule has 6 heteroatoms. The summed E-state index contributed by atoms with van der Waals surface area (Å²) in [6, 6.07) is 6.16. The second kappa shape index (κ2) is 9.04. The minimum absolute atomic E-state index is 0.0465. The molecule has 5 nitrogen and oxygen atoms in total. The van der Waals surface area contributed by atoms with Crippen molar-refractivity contribution in [3.05, 3.63) is 46.5 Å². The first-order valence-corrected chi connectivity index (χ1v) is 9.32. The number of halogens is 1. The summed E-state index contributed by atoms with van der Waals surface area (Å²) in [7, 11) is 0. The molecule has 0 aliphatic heterocycles. The number of imidazole rings is 1. The van der Waals surface area contributed by atoms with E-state index in [0.29, 0.717) is 26.0 Å². The van der Waals surface area contributed by atoms with Crippen LogP contribution in [0.1, 0.15) is 44.9 Å². The van der Waals surface area contributed by atoms with Gasteiger partial charge < -0.3 is 15.0 Å². The predicted molar refractivity (Wildman–Crippen MR) is 103 cm³/mol. The SMILES string of the molecule is CC(C)(C)c1ccc(OCCCC(=O)NCCc2cnc[nH]2)c(Br)c1. The van der Waals surface area contributed by atoms with Gasteiger partial charge in [-0.25, -0.2) is 4.98 Å². The second-order valence-electron chi connectivity index (χ2n) is 7.02. The van der Waals surface area contributed by atoms with E-state index in [1.807, 2.05) is 6.07 Å². The lowest BCUT2D eigenvalue weighted by molar-refractivity contribution is -0.121. The van der Waals surface area contributed by atoms with E-state index < -0.39 is 0 Å². The molecule has 0 spiro atoms. The molecule has 0 radical (unpaired) electrons. The molecule has 1 amide bonds. The highest BCUT2D eigenvalue weighted by atomic mass is 79.9. The molecule has 2 rings (SSSR count). The van der Waals surface area contributed by atoms with Gasteiger partial charge in [0.2, 0.25) is 5.91 Å². The number of rotatable bonds is 8. The zero-order chi connectivity index (χ0) is 18.3. The van der Waals surface area contributed by atoms with Gasteiger partial charge in [-0.15, -0.1) is 0 Å². The average molecular weight is 408 g/mol. The maximum absolute atomic E-state index is 11.8. The summed E-state index contributed by atoms with van der Waals surface area (Å²) in [6.45, 7) is 7.67. The monoisotopic (exact) mass is 407 g/mol. The summed E-state index contributed by atoms with van der Waals surface area (Å²) in [5, 5.41) is 2.90. The summed E-state index contributed by atoms with van der Waals surface area (Å²) < 4.78 is 6.73. The lowest BCUT2D eigenvalue weighted by atomic mass is 9.87. The van der Waals surface area contributed by atoms with Crippen LogP contribution in [0.4, 0.5) is 0 Å². The zero-order valence-electron chi connectivity index (χ0n) is 15.1. The molecule has 2 N–H and O–H groups in total. The number of carbonyl (C=O) groups is 1. The quantitative estimate of drug-likeness (QED) is 0.650. The van der Waals surface area contributed by atoms with E-state index in [-0.39, 0.29) is 11.3 Å². The van der Waals surface area contributed by atoms with Gasteiger partial charge in [0.25, 0.3) is 0 Å². The molecule has 0 fully saturated rings. The Bertz CT molecular complexity index is 678. The van der Waals surface area contributed by atoms with Crippen molar-refractivity contribution in [3.8, 4) is 5.75 Å². The fourth-order valence-electron chi connectivity index (χ4n) is 2.35. The van der Waals surface area contributed by atoms with Crippen LogP contribution in [0.5, 0.6) is 5.75 Å². The Morgan fingerprint density at radius 3 is 2.80 bits per heavy atom. The van der Waals surface area contributed by atoms with Gasteiger partial charge in [0, 0.05) is 31.3 Å². The van der Waals surface area contributed by atoms with Crippen LogP contribution in [0.2, 0.25) is 0 Å². The molecule has 1 aromatic heterocycles. The van der Waals surface area contributed by atoms with E-state index in [1.165, 1.54) is 5.56 Å². The highest BCUT2D eigenvalue weighted by Crippen LogP contribution is 2.31. The fourth-order valence-corrected chi connectivity index (χ4v) is 2.84. The predicted octanol–water partition coefficient (Wildman–Crippen LogP) is 3.99. The number of aromatic amines is 1. The highest BCUT2D eigenvalue weighted by Gasteiger charge is 2.15. The number of nitrogens with zero attached hydrogens (tertiary/aromatic N) is 1. The van der Waals surface area contributed by atoms with E-state index in [9.17, 15) is 4.79 Å². The number of amides is 1. The van der Waals surface area contributed by atoms with Crippen LogP contribution >= 0.6 is 15.9 Å². The van der Waals surface area contributed by atoms with Crippen molar-refractivity contribution in [2.24, 2.45) is 0 Å². The summed E-state index contributed by atoms with van der Waals surface area (Å²) in [5.74, 6) is 0.859. The Labute approximate surface area is 157 Å². The number of ether oxygens (including phenoxy) is 1. The van der Waals surface area contributed by atoms with Crippen LogP contribution in [-0.2, 0) is 16.6 Å². The van der Waals surface area contributed by atoms with Crippen molar-refractivity contribution < 1.29 is 9.53 Å². The smallest absolute Gasteiger partial charge is 0.220 e. The number of hydrogen-bond donors (Lipinski definition) is 2. The molecule has 0 bridgehead atoms. The summed E-state index contributed by atoms with van der Waals surface area (Å²) >= 11 is 3.56. The van der Waals surface area contributed by atoms with Crippen molar-refractivity contribution in [2.75, 3.05) is 13.2 Å². The average Bonchev–Trinajstić information content (AvgIpc) is 3.05. The standard InChI is InChI=1S/C19H26BrN3O2/c1-19(2,3)14-6-7-17(16(20)11-14)25-10-4-5-18(24)22-9-8-15-12-21-13-23-15/h6-7,11-13H,4-5,8-10H2,1-3H3,(H,21,23)(H,22,24). The zero-order valence-corrected chi connectivity index (χ0v) is 16.6. The Hall–Kier alpha value is -1.82. The lowest BCUT2D eigenvalue weighted by Crippen LogP contribution is -2.25. The van der Waals surface area contributed by atoms with Gasteiger partial charge in [0.1, 0.15) is 5.75 Å². The van der Waals surface area contributed by atoms with E-state index in [2.05, 4.69) is 64.1 Å². The summed E-state index contributed by atoms with van der Waals surface area (Å²) in [4.78, 5) is 18.8. The van der Waals surface area contributed by atoms with Crippen molar-refractivity contribution in [3.63, 3.8) is 0 Å². The maximum atomic E-state index is 11.8. The minimum atomic E-state index is 0.0465. The molecule has 0 saturated heterocycles.